The van der Waals surface area contributed by atoms with Crippen molar-refractivity contribution in [2.75, 3.05) is 13.1 Å². The minimum atomic E-state index is -0.760. The molecule has 1 aromatic heterocycles. The number of H-pyrrole nitrogens is 1. The topological polar surface area (TPSA) is 94.7 Å². The van der Waals surface area contributed by atoms with Gasteiger partial charge in [-0.1, -0.05) is 39.5 Å². The quantitative estimate of drug-likeness (QED) is 0.364. The third-order valence-corrected chi connectivity index (χ3v) is 5.54. The minimum Gasteiger partial charge on any atom is -0.508 e. The highest BCUT2D eigenvalue weighted by Crippen LogP contribution is 2.24. The molecule has 0 fully saturated rings. The summed E-state index contributed by atoms with van der Waals surface area (Å²) in [4.78, 5) is 31.3. The number of amides is 2. The van der Waals surface area contributed by atoms with Crippen LogP contribution >= 0.6 is 0 Å². The zero-order valence-electron chi connectivity index (χ0n) is 20.9. The number of aromatic hydroxyl groups is 1. The van der Waals surface area contributed by atoms with Crippen LogP contribution in [-0.2, 0) is 16.0 Å². The molecule has 2 aromatic rings. The van der Waals surface area contributed by atoms with Gasteiger partial charge >= 0.3 is 6.09 Å². The van der Waals surface area contributed by atoms with Crippen LogP contribution in [0.25, 0.3) is 10.9 Å². The summed E-state index contributed by atoms with van der Waals surface area (Å²) < 4.78 is 5.45. The van der Waals surface area contributed by atoms with Gasteiger partial charge in [0.25, 0.3) is 0 Å². The van der Waals surface area contributed by atoms with E-state index in [1.54, 1.807) is 39.0 Å². The molecule has 0 spiro atoms. The molecule has 7 heteroatoms. The van der Waals surface area contributed by atoms with E-state index in [0.29, 0.717) is 19.5 Å². The van der Waals surface area contributed by atoms with Crippen LogP contribution in [0, 0.1) is 0 Å². The highest BCUT2D eigenvalue weighted by molar-refractivity contribution is 5.89. The number of benzene rings is 1. The highest BCUT2D eigenvalue weighted by atomic mass is 16.6. The SMILES string of the molecule is CCCCCN(CCCCC)C(=O)C(Cc1c[nH]c2ccc(O)cc12)NC(=O)OC(C)(C)C. The monoisotopic (exact) mass is 459 g/mol. The number of nitrogens with zero attached hydrogens (tertiary/aromatic N) is 1. The Kier molecular flexibility index (Phi) is 10.1. The summed E-state index contributed by atoms with van der Waals surface area (Å²) in [6.45, 7) is 11.0. The molecule has 1 aromatic carbocycles. The van der Waals surface area contributed by atoms with Gasteiger partial charge in [-0.2, -0.15) is 0 Å². The fourth-order valence-corrected chi connectivity index (χ4v) is 3.86. The molecule has 2 rings (SSSR count). The average molecular weight is 460 g/mol. The van der Waals surface area contributed by atoms with E-state index in [-0.39, 0.29) is 11.7 Å². The van der Waals surface area contributed by atoms with E-state index < -0.39 is 17.7 Å². The van der Waals surface area contributed by atoms with E-state index in [9.17, 15) is 14.7 Å². The van der Waals surface area contributed by atoms with Crippen molar-refractivity contribution in [3.8, 4) is 5.75 Å². The number of carbonyl (C=O) groups excluding carboxylic acids is 2. The number of carbonyl (C=O) groups is 2. The Labute approximate surface area is 197 Å². The number of ether oxygens (including phenoxy) is 1. The first-order valence-corrected chi connectivity index (χ1v) is 12.2. The lowest BCUT2D eigenvalue weighted by molar-refractivity contribution is -0.133. The highest BCUT2D eigenvalue weighted by Gasteiger charge is 2.29. The number of hydrogen-bond acceptors (Lipinski definition) is 4. The lowest BCUT2D eigenvalue weighted by Gasteiger charge is -2.29. The Morgan fingerprint density at radius 1 is 1.09 bits per heavy atom. The molecule has 184 valence electrons. The molecular formula is C26H41N3O4. The molecule has 0 aliphatic carbocycles. The lowest BCUT2D eigenvalue weighted by atomic mass is 10.0. The summed E-state index contributed by atoms with van der Waals surface area (Å²) in [6.07, 6.45) is 7.69. The molecule has 0 saturated carbocycles. The van der Waals surface area contributed by atoms with Crippen LogP contribution in [0.5, 0.6) is 5.75 Å². The molecule has 0 radical (unpaired) electrons. The number of rotatable bonds is 12. The summed E-state index contributed by atoms with van der Waals surface area (Å²) in [5.41, 5.74) is 1.07. The summed E-state index contributed by atoms with van der Waals surface area (Å²) in [6, 6.07) is 4.34. The molecule has 1 atom stereocenters. The van der Waals surface area contributed by atoms with Gasteiger partial charge in [-0.3, -0.25) is 4.79 Å². The number of unbranched alkanes of at least 4 members (excludes halogenated alkanes) is 4. The summed E-state index contributed by atoms with van der Waals surface area (Å²) in [7, 11) is 0. The summed E-state index contributed by atoms with van der Waals surface area (Å²) in [5.74, 6) is 0.0645. The zero-order chi connectivity index (χ0) is 24.4. The smallest absolute Gasteiger partial charge is 0.408 e. The molecule has 33 heavy (non-hydrogen) atoms. The number of fused-ring (bicyclic) bond motifs is 1. The van der Waals surface area contributed by atoms with Crippen molar-refractivity contribution in [2.45, 2.75) is 91.2 Å². The molecule has 7 nitrogen and oxygen atoms in total. The maximum Gasteiger partial charge on any atom is 0.408 e. The van der Waals surface area contributed by atoms with Crippen molar-refractivity contribution in [1.82, 2.24) is 15.2 Å². The summed E-state index contributed by atoms with van der Waals surface area (Å²) >= 11 is 0. The van der Waals surface area contributed by atoms with Gasteiger partial charge in [0.2, 0.25) is 5.91 Å². The van der Waals surface area contributed by atoms with Gasteiger partial charge in [0.15, 0.2) is 0 Å². The predicted octanol–water partition coefficient (Wildman–Crippen LogP) is 5.52. The molecular weight excluding hydrogens is 418 g/mol. The van der Waals surface area contributed by atoms with Gasteiger partial charge in [0.05, 0.1) is 0 Å². The second-order valence-electron chi connectivity index (χ2n) is 9.69. The maximum absolute atomic E-state index is 13.7. The Hall–Kier alpha value is -2.70. The van der Waals surface area contributed by atoms with Gasteiger partial charge in [0, 0.05) is 36.6 Å². The number of hydrogen-bond donors (Lipinski definition) is 3. The lowest BCUT2D eigenvalue weighted by Crippen LogP contribution is -2.51. The first kappa shape index (κ1) is 26.6. The van der Waals surface area contributed by atoms with Gasteiger partial charge < -0.3 is 25.0 Å². The molecule has 1 heterocycles. The van der Waals surface area contributed by atoms with Crippen LogP contribution in [0.1, 0.15) is 78.7 Å². The zero-order valence-corrected chi connectivity index (χ0v) is 20.9. The molecule has 0 aliphatic rings. The maximum atomic E-state index is 13.7. The van der Waals surface area contributed by atoms with Crippen molar-refractivity contribution in [3.63, 3.8) is 0 Å². The first-order chi connectivity index (χ1) is 15.6. The largest absolute Gasteiger partial charge is 0.508 e. The fourth-order valence-electron chi connectivity index (χ4n) is 3.86. The van der Waals surface area contributed by atoms with Crippen molar-refractivity contribution >= 4 is 22.9 Å². The van der Waals surface area contributed by atoms with Crippen LogP contribution in [0.4, 0.5) is 4.79 Å². The van der Waals surface area contributed by atoms with Crippen LogP contribution in [0.3, 0.4) is 0 Å². The standard InChI is InChI=1S/C26H41N3O4/c1-6-8-10-14-29(15-11-9-7-2)24(31)23(28-25(32)33-26(3,4)5)16-19-18-27-22-13-12-20(30)17-21(19)22/h12-13,17-18,23,27,30H,6-11,14-16H2,1-5H3,(H,28,32). The second kappa shape index (κ2) is 12.5. The molecule has 2 amide bonds. The van der Waals surface area contributed by atoms with Crippen molar-refractivity contribution in [2.24, 2.45) is 0 Å². The normalized spacial score (nSPS) is 12.5. The van der Waals surface area contributed by atoms with Crippen molar-refractivity contribution < 1.29 is 19.4 Å². The van der Waals surface area contributed by atoms with E-state index in [1.807, 2.05) is 11.1 Å². The van der Waals surface area contributed by atoms with Gasteiger partial charge in [0.1, 0.15) is 17.4 Å². The van der Waals surface area contributed by atoms with E-state index in [0.717, 1.165) is 55.0 Å². The number of nitrogens with one attached hydrogen (secondary N) is 2. The van der Waals surface area contributed by atoms with Crippen LogP contribution in [0.15, 0.2) is 24.4 Å². The second-order valence-corrected chi connectivity index (χ2v) is 9.69. The predicted molar refractivity (Wildman–Crippen MR) is 132 cm³/mol. The fraction of sp³-hybridized carbons (Fsp3) is 0.615. The number of phenolic OH excluding ortho intramolecular Hbond substituents is 1. The van der Waals surface area contributed by atoms with Crippen LogP contribution in [0.2, 0.25) is 0 Å². The Morgan fingerprint density at radius 2 is 1.73 bits per heavy atom. The van der Waals surface area contributed by atoms with E-state index in [1.165, 1.54) is 0 Å². The number of aromatic nitrogens is 1. The van der Waals surface area contributed by atoms with Gasteiger partial charge in [-0.25, -0.2) is 4.79 Å². The molecule has 0 aliphatic heterocycles. The van der Waals surface area contributed by atoms with E-state index >= 15 is 0 Å². The molecule has 3 N–H and O–H groups in total. The number of phenols is 1. The third kappa shape index (κ3) is 8.63. The van der Waals surface area contributed by atoms with Crippen LogP contribution < -0.4 is 5.32 Å². The minimum absolute atomic E-state index is 0.0948. The number of aromatic amines is 1. The number of alkyl carbamates (subject to hydrolysis) is 1. The average Bonchev–Trinajstić information content (AvgIpc) is 3.12. The molecule has 0 bridgehead atoms. The third-order valence-electron chi connectivity index (χ3n) is 5.54. The molecule has 1 unspecified atom stereocenters. The Bertz CT molecular complexity index is 891. The van der Waals surface area contributed by atoms with Crippen molar-refractivity contribution in [1.29, 1.82) is 0 Å². The molecule has 0 saturated heterocycles. The Morgan fingerprint density at radius 3 is 2.30 bits per heavy atom. The Balaban J connectivity index is 2.28. The van der Waals surface area contributed by atoms with Crippen LogP contribution in [-0.4, -0.2) is 51.7 Å². The van der Waals surface area contributed by atoms with E-state index in [4.69, 9.17) is 4.74 Å². The van der Waals surface area contributed by atoms with E-state index in [2.05, 4.69) is 24.1 Å². The first-order valence-electron chi connectivity index (χ1n) is 12.2. The summed E-state index contributed by atoms with van der Waals surface area (Å²) in [5, 5.41) is 13.6. The van der Waals surface area contributed by atoms with Gasteiger partial charge in [-0.05, 0) is 57.4 Å². The van der Waals surface area contributed by atoms with Crippen molar-refractivity contribution in [3.05, 3.63) is 30.0 Å². The van der Waals surface area contributed by atoms with Gasteiger partial charge in [-0.15, -0.1) is 0 Å².